The van der Waals surface area contributed by atoms with Crippen LogP contribution in [0.3, 0.4) is 0 Å². The van der Waals surface area contributed by atoms with Crippen molar-refractivity contribution in [2.75, 3.05) is 13.7 Å². The summed E-state index contributed by atoms with van der Waals surface area (Å²) in [5, 5.41) is 11.1. The van der Waals surface area contributed by atoms with Crippen LogP contribution in [0.1, 0.15) is 28.5 Å². The molecule has 1 aromatic heterocycles. The number of rotatable bonds is 9. The Labute approximate surface area is 174 Å². The van der Waals surface area contributed by atoms with E-state index >= 15 is 0 Å². The second-order valence-corrected chi connectivity index (χ2v) is 7.61. The zero-order chi connectivity index (χ0) is 20.6. The van der Waals surface area contributed by atoms with E-state index in [-0.39, 0.29) is 5.82 Å². The van der Waals surface area contributed by atoms with Crippen LogP contribution >= 0.6 is 11.3 Å². The molecule has 29 heavy (non-hydrogen) atoms. The van der Waals surface area contributed by atoms with E-state index in [0.29, 0.717) is 42.3 Å². The first-order valence-electron chi connectivity index (χ1n) is 9.36. The Morgan fingerprint density at radius 2 is 1.97 bits per heavy atom. The highest BCUT2D eigenvalue weighted by Crippen LogP contribution is 2.30. The zero-order valence-corrected chi connectivity index (χ0v) is 17.3. The summed E-state index contributed by atoms with van der Waals surface area (Å²) in [7, 11) is 1.62. The molecule has 3 rings (SSSR count). The molecule has 6 heteroatoms. The van der Waals surface area contributed by atoms with Crippen molar-refractivity contribution in [3.05, 3.63) is 81.3 Å². The summed E-state index contributed by atoms with van der Waals surface area (Å²) in [6.07, 6.45) is 0. The molecule has 0 aliphatic rings. The van der Waals surface area contributed by atoms with E-state index in [9.17, 15) is 4.39 Å². The second kappa shape index (κ2) is 10.1. The summed E-state index contributed by atoms with van der Waals surface area (Å²) >= 11 is 1.65. The predicted octanol–water partition coefficient (Wildman–Crippen LogP) is 5.37. The Morgan fingerprint density at radius 3 is 2.66 bits per heavy atom. The lowest BCUT2D eigenvalue weighted by atomic mass is 10.1. The third kappa shape index (κ3) is 5.57. The number of methoxy groups -OCH3 is 1. The van der Waals surface area contributed by atoms with E-state index in [1.807, 2.05) is 42.6 Å². The third-order valence-corrected chi connectivity index (χ3v) is 5.45. The third-order valence-electron chi connectivity index (χ3n) is 4.60. The highest BCUT2D eigenvalue weighted by atomic mass is 32.1. The number of benzene rings is 2. The van der Waals surface area contributed by atoms with Crippen molar-refractivity contribution in [3.8, 4) is 17.6 Å². The minimum Gasteiger partial charge on any atom is -0.493 e. The highest BCUT2D eigenvalue weighted by molar-refractivity contribution is 7.09. The van der Waals surface area contributed by atoms with Crippen LogP contribution in [0.4, 0.5) is 4.39 Å². The first-order chi connectivity index (χ1) is 14.1. The molecule has 1 heterocycles. The average Bonchev–Trinajstić information content (AvgIpc) is 3.27. The molecule has 0 amide bonds. The number of nitrogens with zero attached hydrogens (tertiary/aromatic N) is 2. The molecule has 0 N–H and O–H groups in total. The van der Waals surface area contributed by atoms with Crippen LogP contribution in [0, 0.1) is 17.1 Å². The molecule has 4 nitrogen and oxygen atoms in total. The van der Waals surface area contributed by atoms with Gasteiger partial charge in [0.1, 0.15) is 12.4 Å². The van der Waals surface area contributed by atoms with Crippen LogP contribution in [0.2, 0.25) is 0 Å². The van der Waals surface area contributed by atoms with Gasteiger partial charge in [0.2, 0.25) is 0 Å². The lowest BCUT2D eigenvalue weighted by Gasteiger charge is -2.22. The van der Waals surface area contributed by atoms with Gasteiger partial charge in [0.05, 0.1) is 18.7 Å². The van der Waals surface area contributed by atoms with Crippen LogP contribution < -0.4 is 9.47 Å². The molecule has 0 radical (unpaired) electrons. The van der Waals surface area contributed by atoms with Gasteiger partial charge in [-0.05, 0) is 53.9 Å². The van der Waals surface area contributed by atoms with E-state index in [1.54, 1.807) is 24.5 Å². The number of hydrogen-bond acceptors (Lipinski definition) is 5. The molecule has 0 bridgehead atoms. The van der Waals surface area contributed by atoms with E-state index in [1.165, 1.54) is 12.1 Å². The quantitative estimate of drug-likeness (QED) is 0.476. The number of ether oxygens (including phenoxy) is 2. The Bertz CT molecular complexity index is 983. The Kier molecular flexibility index (Phi) is 7.23. The van der Waals surface area contributed by atoms with Gasteiger partial charge >= 0.3 is 0 Å². The van der Waals surface area contributed by atoms with E-state index in [4.69, 9.17) is 14.7 Å². The zero-order valence-electron chi connectivity index (χ0n) is 16.5. The maximum absolute atomic E-state index is 14.1. The lowest BCUT2D eigenvalue weighted by Crippen LogP contribution is -2.23. The van der Waals surface area contributed by atoms with Gasteiger partial charge in [-0.25, -0.2) is 4.39 Å². The highest BCUT2D eigenvalue weighted by Gasteiger charge is 2.12. The smallest absolute Gasteiger partial charge is 0.161 e. The molecule has 0 atom stereocenters. The van der Waals surface area contributed by atoms with Gasteiger partial charge in [0.15, 0.2) is 11.5 Å². The van der Waals surface area contributed by atoms with Crippen LogP contribution in [-0.4, -0.2) is 18.6 Å². The molecule has 3 aromatic rings. The van der Waals surface area contributed by atoms with E-state index in [0.717, 1.165) is 17.0 Å². The fourth-order valence-corrected chi connectivity index (χ4v) is 3.63. The van der Waals surface area contributed by atoms with Crippen LogP contribution in [0.15, 0.2) is 53.9 Å². The maximum atomic E-state index is 14.1. The normalized spacial score (nSPS) is 10.7. The fourth-order valence-electron chi connectivity index (χ4n) is 3.02. The molecular formula is C23H23FN2O2S. The fraction of sp³-hybridized carbons (Fsp3) is 0.261. The van der Waals surface area contributed by atoms with Crippen molar-refractivity contribution in [2.45, 2.75) is 26.6 Å². The summed E-state index contributed by atoms with van der Waals surface area (Å²) in [5.41, 5.74) is 2.03. The van der Waals surface area contributed by atoms with Gasteiger partial charge in [-0.3, -0.25) is 4.90 Å². The van der Waals surface area contributed by atoms with Gasteiger partial charge in [-0.2, -0.15) is 5.26 Å². The van der Waals surface area contributed by atoms with Crippen LogP contribution in [0.5, 0.6) is 11.5 Å². The van der Waals surface area contributed by atoms with Gasteiger partial charge in [-0.15, -0.1) is 11.3 Å². The Hall–Kier alpha value is -2.88. The second-order valence-electron chi connectivity index (χ2n) is 6.57. The van der Waals surface area contributed by atoms with E-state index in [2.05, 4.69) is 11.0 Å². The van der Waals surface area contributed by atoms with E-state index < -0.39 is 0 Å². The molecule has 0 unspecified atom stereocenters. The number of thiophene rings is 1. The summed E-state index contributed by atoms with van der Waals surface area (Å²) in [4.78, 5) is 3.26. The molecule has 0 saturated carbocycles. The van der Waals surface area contributed by atoms with Gasteiger partial charge in [-0.1, -0.05) is 19.1 Å². The lowest BCUT2D eigenvalue weighted by molar-refractivity contribution is 0.265. The standard InChI is InChI=1S/C23H23FN2O2S/c1-3-26(15-19-11-17(13-25)6-8-21(19)24)14-18-7-9-22(23(12-18)27-2)28-16-20-5-4-10-29-20/h4-12H,3,14-16H2,1-2H3. The van der Waals surface area contributed by atoms with Gasteiger partial charge < -0.3 is 9.47 Å². The summed E-state index contributed by atoms with van der Waals surface area (Å²) < 4.78 is 25.5. The molecule has 0 spiro atoms. The first kappa shape index (κ1) is 20.8. The van der Waals surface area contributed by atoms with Crippen molar-refractivity contribution in [1.82, 2.24) is 4.90 Å². The largest absolute Gasteiger partial charge is 0.493 e. The Balaban J connectivity index is 1.70. The van der Waals surface area contributed by atoms with Crippen molar-refractivity contribution in [2.24, 2.45) is 0 Å². The first-order valence-corrected chi connectivity index (χ1v) is 10.2. The average molecular weight is 411 g/mol. The topological polar surface area (TPSA) is 45.5 Å². The van der Waals surface area contributed by atoms with Crippen molar-refractivity contribution in [1.29, 1.82) is 5.26 Å². The molecule has 150 valence electrons. The minimum absolute atomic E-state index is 0.294. The summed E-state index contributed by atoms with van der Waals surface area (Å²) in [6.45, 7) is 4.34. The van der Waals surface area contributed by atoms with Crippen LogP contribution in [0.25, 0.3) is 0 Å². The SMILES string of the molecule is CCN(Cc1ccc(OCc2cccs2)c(OC)c1)Cc1cc(C#N)ccc1F. The molecular weight excluding hydrogens is 387 g/mol. The summed E-state index contributed by atoms with van der Waals surface area (Å²) in [6, 6.07) is 16.4. The van der Waals surface area contributed by atoms with Crippen LogP contribution in [-0.2, 0) is 19.7 Å². The number of nitriles is 1. The number of halogens is 1. The minimum atomic E-state index is -0.294. The maximum Gasteiger partial charge on any atom is 0.161 e. The molecule has 2 aromatic carbocycles. The van der Waals surface area contributed by atoms with Crippen molar-refractivity contribution >= 4 is 11.3 Å². The molecule has 0 aliphatic heterocycles. The predicted molar refractivity (Wildman–Crippen MR) is 113 cm³/mol. The molecule has 0 aliphatic carbocycles. The summed E-state index contributed by atoms with van der Waals surface area (Å²) in [5.74, 6) is 1.07. The monoisotopic (exact) mass is 410 g/mol. The Morgan fingerprint density at radius 1 is 1.10 bits per heavy atom. The molecule has 0 saturated heterocycles. The van der Waals surface area contributed by atoms with Gasteiger partial charge in [0.25, 0.3) is 0 Å². The number of hydrogen-bond donors (Lipinski definition) is 0. The van der Waals surface area contributed by atoms with Gasteiger partial charge in [0, 0.05) is 23.5 Å². The molecule has 0 fully saturated rings. The van der Waals surface area contributed by atoms with Crippen molar-refractivity contribution < 1.29 is 13.9 Å². The van der Waals surface area contributed by atoms with Crippen molar-refractivity contribution in [3.63, 3.8) is 0 Å².